The standard InChI is InChI=1S/C2H7OPS/c1-4(3)2-5/h3,5H,2H2,1H3. The Kier molecular flexibility index (Phi) is 3.39. The summed E-state index contributed by atoms with van der Waals surface area (Å²) in [6.07, 6.45) is 0. The van der Waals surface area contributed by atoms with Crippen molar-refractivity contribution >= 4 is 20.8 Å². The SMILES string of the molecule is CP(O)CS. The molecule has 0 rings (SSSR count). The first-order chi connectivity index (χ1) is 2.27. The van der Waals surface area contributed by atoms with E-state index >= 15 is 0 Å². The Hall–Kier alpha value is 0.740. The van der Waals surface area contributed by atoms with Gasteiger partial charge in [0, 0.05) is 13.6 Å². The van der Waals surface area contributed by atoms with Crippen molar-refractivity contribution in [2.75, 3.05) is 12.2 Å². The lowest BCUT2D eigenvalue weighted by Gasteiger charge is -1.90. The molecule has 0 fully saturated rings. The van der Waals surface area contributed by atoms with Gasteiger partial charge in [-0.05, 0) is 6.66 Å². The predicted octanol–water partition coefficient (Wildman–Crippen LogP) is 0.893. The first-order valence-corrected chi connectivity index (χ1v) is 3.84. The second-order valence-electron chi connectivity index (χ2n) is 0.799. The average molecular weight is 110 g/mol. The molecule has 1 atom stereocenters. The highest BCUT2D eigenvalue weighted by Gasteiger charge is 1.82. The summed E-state index contributed by atoms with van der Waals surface area (Å²) < 4.78 is 0. The molecule has 0 bridgehead atoms. The molecule has 0 saturated heterocycles. The van der Waals surface area contributed by atoms with Crippen LogP contribution in [0.15, 0.2) is 0 Å². The van der Waals surface area contributed by atoms with E-state index in [1.165, 1.54) is 0 Å². The van der Waals surface area contributed by atoms with Gasteiger partial charge in [-0.25, -0.2) is 0 Å². The number of hydrogen-bond donors (Lipinski definition) is 2. The molecule has 0 heterocycles. The third kappa shape index (κ3) is 4.74. The van der Waals surface area contributed by atoms with Gasteiger partial charge in [0.1, 0.15) is 0 Å². The van der Waals surface area contributed by atoms with Gasteiger partial charge in [0.15, 0.2) is 0 Å². The first-order valence-electron chi connectivity index (χ1n) is 1.28. The molecule has 0 spiro atoms. The minimum absolute atomic E-state index is 0.620. The Balaban J connectivity index is 2.54. The molecule has 0 aliphatic carbocycles. The molecule has 32 valence electrons. The quantitative estimate of drug-likeness (QED) is 0.379. The molecule has 0 saturated carbocycles. The van der Waals surface area contributed by atoms with E-state index < -0.39 is 8.15 Å². The molecular weight excluding hydrogens is 103 g/mol. The van der Waals surface area contributed by atoms with Crippen LogP contribution < -0.4 is 0 Å². The molecular formula is C2H7OPS. The van der Waals surface area contributed by atoms with E-state index in [4.69, 9.17) is 4.89 Å². The van der Waals surface area contributed by atoms with Gasteiger partial charge in [0.2, 0.25) is 0 Å². The van der Waals surface area contributed by atoms with Crippen molar-refractivity contribution in [1.82, 2.24) is 0 Å². The lowest BCUT2D eigenvalue weighted by atomic mass is 11.9. The summed E-state index contributed by atoms with van der Waals surface area (Å²) in [5, 5.41) is 0. The highest BCUT2D eigenvalue weighted by molar-refractivity contribution is 7.88. The van der Waals surface area contributed by atoms with Crippen molar-refractivity contribution in [1.29, 1.82) is 0 Å². The van der Waals surface area contributed by atoms with Gasteiger partial charge in [-0.1, -0.05) is 0 Å². The molecule has 0 aromatic carbocycles. The fourth-order valence-corrected chi connectivity index (χ4v) is 0. The average Bonchev–Trinajstić information content (AvgIpc) is 1.38. The van der Waals surface area contributed by atoms with E-state index in [1.54, 1.807) is 6.66 Å². The summed E-state index contributed by atoms with van der Waals surface area (Å²) in [7, 11) is -0.734. The van der Waals surface area contributed by atoms with E-state index in [9.17, 15) is 0 Å². The molecule has 1 unspecified atom stereocenters. The summed E-state index contributed by atoms with van der Waals surface area (Å²) in [4.78, 5) is 8.35. The predicted molar refractivity (Wildman–Crippen MR) is 28.9 cm³/mol. The third-order valence-electron chi connectivity index (χ3n) is 0.205. The second-order valence-corrected chi connectivity index (χ2v) is 3.25. The van der Waals surface area contributed by atoms with E-state index in [-0.39, 0.29) is 0 Å². The maximum atomic E-state index is 8.35. The Morgan fingerprint density at radius 3 is 2.20 bits per heavy atom. The summed E-state index contributed by atoms with van der Waals surface area (Å²) in [5.41, 5.74) is 0.620. The van der Waals surface area contributed by atoms with Crippen LogP contribution in [0.4, 0.5) is 0 Å². The maximum absolute atomic E-state index is 8.35. The van der Waals surface area contributed by atoms with Gasteiger partial charge in [-0.3, -0.25) is 0 Å². The number of thiol groups is 1. The van der Waals surface area contributed by atoms with Crippen molar-refractivity contribution < 1.29 is 4.89 Å². The van der Waals surface area contributed by atoms with Crippen LogP contribution in [0.5, 0.6) is 0 Å². The number of rotatable bonds is 1. The molecule has 3 heteroatoms. The fourth-order valence-electron chi connectivity index (χ4n) is 0. The van der Waals surface area contributed by atoms with Crippen LogP contribution in [0.2, 0.25) is 0 Å². The van der Waals surface area contributed by atoms with Crippen molar-refractivity contribution in [3.63, 3.8) is 0 Å². The van der Waals surface area contributed by atoms with Crippen LogP contribution >= 0.6 is 20.8 Å². The summed E-state index contributed by atoms with van der Waals surface area (Å²) in [6.45, 7) is 1.77. The molecule has 5 heavy (non-hydrogen) atoms. The van der Waals surface area contributed by atoms with Crippen LogP contribution in [0, 0.1) is 0 Å². The summed E-state index contributed by atoms with van der Waals surface area (Å²) >= 11 is 3.79. The maximum Gasteiger partial charge on any atom is 0.0344 e. The van der Waals surface area contributed by atoms with Gasteiger partial charge in [0.25, 0.3) is 0 Å². The zero-order valence-corrected chi connectivity index (χ0v) is 4.84. The number of hydrogen-bond acceptors (Lipinski definition) is 2. The van der Waals surface area contributed by atoms with Gasteiger partial charge >= 0.3 is 0 Å². The van der Waals surface area contributed by atoms with Crippen LogP contribution in [0.3, 0.4) is 0 Å². The Bertz CT molecular complexity index is 23.6. The van der Waals surface area contributed by atoms with Crippen LogP contribution in [0.25, 0.3) is 0 Å². The van der Waals surface area contributed by atoms with E-state index in [2.05, 4.69) is 12.6 Å². The lowest BCUT2D eigenvalue weighted by molar-refractivity contribution is 0.636. The molecule has 0 aromatic rings. The van der Waals surface area contributed by atoms with E-state index in [0.29, 0.717) is 5.49 Å². The van der Waals surface area contributed by atoms with Gasteiger partial charge in [0.05, 0.1) is 0 Å². The first kappa shape index (κ1) is 5.74. The topological polar surface area (TPSA) is 20.2 Å². The zero-order chi connectivity index (χ0) is 4.28. The minimum atomic E-state index is -0.734. The van der Waals surface area contributed by atoms with Gasteiger partial charge in [-0.15, -0.1) is 0 Å². The molecule has 0 aliphatic heterocycles. The molecule has 0 aromatic heterocycles. The Morgan fingerprint density at radius 2 is 2.20 bits per heavy atom. The smallest absolute Gasteiger partial charge is 0.0344 e. The fraction of sp³-hybridized carbons (Fsp3) is 1.00. The van der Waals surface area contributed by atoms with Crippen LogP contribution in [-0.2, 0) is 0 Å². The van der Waals surface area contributed by atoms with Crippen molar-refractivity contribution in [3.8, 4) is 0 Å². The van der Waals surface area contributed by atoms with Crippen molar-refractivity contribution in [2.24, 2.45) is 0 Å². The van der Waals surface area contributed by atoms with Gasteiger partial charge in [-0.2, -0.15) is 12.6 Å². The zero-order valence-electron chi connectivity index (χ0n) is 3.05. The Labute approximate surface area is 38.6 Å². The normalized spacial score (nSPS) is 15.0. The highest BCUT2D eigenvalue weighted by Crippen LogP contribution is 2.23. The van der Waals surface area contributed by atoms with Crippen LogP contribution in [0.1, 0.15) is 0 Å². The van der Waals surface area contributed by atoms with Gasteiger partial charge < -0.3 is 4.89 Å². The molecule has 0 aliphatic rings. The van der Waals surface area contributed by atoms with E-state index in [1.807, 2.05) is 0 Å². The highest BCUT2D eigenvalue weighted by atomic mass is 32.1. The molecule has 1 N–H and O–H groups in total. The minimum Gasteiger partial charge on any atom is -0.373 e. The van der Waals surface area contributed by atoms with Crippen LogP contribution in [-0.4, -0.2) is 17.1 Å². The summed E-state index contributed by atoms with van der Waals surface area (Å²) in [5.74, 6) is 0. The molecule has 0 amide bonds. The van der Waals surface area contributed by atoms with E-state index in [0.717, 1.165) is 0 Å². The van der Waals surface area contributed by atoms with Crippen molar-refractivity contribution in [2.45, 2.75) is 0 Å². The lowest BCUT2D eigenvalue weighted by Crippen LogP contribution is -1.62. The molecule has 1 nitrogen and oxygen atoms in total. The third-order valence-corrected chi connectivity index (χ3v) is 1.84. The summed E-state index contributed by atoms with van der Waals surface area (Å²) in [6, 6.07) is 0. The van der Waals surface area contributed by atoms with Crippen molar-refractivity contribution in [3.05, 3.63) is 0 Å². The monoisotopic (exact) mass is 110 g/mol. The Morgan fingerprint density at radius 1 is 2.00 bits per heavy atom. The largest absolute Gasteiger partial charge is 0.373 e. The molecule has 0 radical (unpaired) electrons. The second kappa shape index (κ2) is 2.95.